The molecule has 0 bridgehead atoms. The van der Waals surface area contributed by atoms with E-state index >= 15 is 0 Å². The highest BCUT2D eigenvalue weighted by Crippen LogP contribution is 2.31. The summed E-state index contributed by atoms with van der Waals surface area (Å²) in [6, 6.07) is 2.30. The Morgan fingerprint density at radius 2 is 1.74 bits per heavy atom. The van der Waals surface area contributed by atoms with Crippen molar-refractivity contribution in [1.82, 2.24) is 9.78 Å². The number of hydrogen-bond acceptors (Lipinski definition) is 1. The Bertz CT molecular complexity index is 348. The molecule has 1 aromatic heterocycles. The summed E-state index contributed by atoms with van der Waals surface area (Å²) in [5.41, 5.74) is 3.13. The number of aromatic nitrogens is 2. The molecule has 2 heteroatoms. The molecule has 0 radical (unpaired) electrons. The topological polar surface area (TPSA) is 17.8 Å². The number of aryl methyl sites for hydroxylation is 1. The first-order chi connectivity index (χ1) is 8.98. The molecular formula is C17H34N2. The van der Waals surface area contributed by atoms with Crippen LogP contribution in [-0.4, -0.2) is 9.78 Å². The first-order valence-electron chi connectivity index (χ1n) is 8.04. The van der Waals surface area contributed by atoms with Gasteiger partial charge in [0, 0.05) is 12.2 Å². The van der Waals surface area contributed by atoms with Crippen molar-refractivity contribution in [3.05, 3.63) is 17.5 Å². The van der Waals surface area contributed by atoms with Crippen LogP contribution < -0.4 is 0 Å². The van der Waals surface area contributed by atoms with Crippen LogP contribution in [0, 0.1) is 5.41 Å². The fourth-order valence-electron chi connectivity index (χ4n) is 2.38. The van der Waals surface area contributed by atoms with Gasteiger partial charge in [-0.05, 0) is 36.7 Å². The van der Waals surface area contributed by atoms with Gasteiger partial charge in [-0.2, -0.15) is 5.10 Å². The molecular weight excluding hydrogens is 232 g/mol. The molecule has 0 saturated carbocycles. The molecule has 2 rings (SSSR count). The van der Waals surface area contributed by atoms with Crippen molar-refractivity contribution < 1.29 is 0 Å². The quantitative estimate of drug-likeness (QED) is 0.663. The largest absolute Gasteiger partial charge is 0.269 e. The van der Waals surface area contributed by atoms with Crippen LogP contribution in [-0.2, 0) is 13.0 Å². The molecule has 0 fully saturated rings. The Morgan fingerprint density at radius 1 is 1.16 bits per heavy atom. The lowest BCUT2D eigenvalue weighted by molar-refractivity contribution is 0.332. The molecule has 0 spiro atoms. The monoisotopic (exact) mass is 266 g/mol. The number of nitrogens with zero attached hydrogens (tertiary/aromatic N) is 2. The Hall–Kier alpha value is -0.790. The first kappa shape index (κ1) is 18.2. The summed E-state index contributed by atoms with van der Waals surface area (Å²) in [6.07, 6.45) is 3.75. The van der Waals surface area contributed by atoms with Crippen LogP contribution in [0.15, 0.2) is 6.07 Å². The summed E-state index contributed by atoms with van der Waals surface area (Å²) in [7, 11) is 0. The van der Waals surface area contributed by atoms with E-state index in [1.807, 2.05) is 27.7 Å². The Balaban J connectivity index is 0.000000741. The van der Waals surface area contributed by atoms with Crippen LogP contribution in [0.2, 0.25) is 0 Å². The first-order valence-corrected chi connectivity index (χ1v) is 8.04. The van der Waals surface area contributed by atoms with E-state index in [9.17, 15) is 0 Å². The van der Waals surface area contributed by atoms with E-state index in [2.05, 4.69) is 38.4 Å². The van der Waals surface area contributed by atoms with Gasteiger partial charge in [0.1, 0.15) is 0 Å². The smallest absolute Gasteiger partial charge is 0.0652 e. The van der Waals surface area contributed by atoms with Gasteiger partial charge in [0.25, 0.3) is 0 Å². The highest BCUT2D eigenvalue weighted by Gasteiger charge is 2.24. The van der Waals surface area contributed by atoms with E-state index in [0.29, 0.717) is 11.3 Å². The van der Waals surface area contributed by atoms with Crippen LogP contribution in [0.4, 0.5) is 0 Å². The molecule has 1 aromatic rings. The molecule has 0 unspecified atom stereocenters. The average Bonchev–Trinajstić information content (AvgIpc) is 2.70. The van der Waals surface area contributed by atoms with Gasteiger partial charge in [0.05, 0.1) is 5.69 Å². The lowest BCUT2D eigenvalue weighted by Gasteiger charge is -2.21. The molecule has 0 aliphatic carbocycles. The fraction of sp³-hybridized carbons (Fsp3) is 0.824. The van der Waals surface area contributed by atoms with Crippen LogP contribution in [0.25, 0.3) is 0 Å². The van der Waals surface area contributed by atoms with Crippen molar-refractivity contribution in [2.45, 2.75) is 87.1 Å². The molecule has 0 amide bonds. The molecule has 0 saturated heterocycles. The van der Waals surface area contributed by atoms with Crippen LogP contribution in [0.5, 0.6) is 0 Å². The molecule has 0 N–H and O–H groups in total. The van der Waals surface area contributed by atoms with Gasteiger partial charge in [-0.15, -0.1) is 0 Å². The van der Waals surface area contributed by atoms with E-state index in [1.165, 1.54) is 30.7 Å². The number of rotatable bonds is 1. The van der Waals surface area contributed by atoms with Gasteiger partial charge in [0.15, 0.2) is 0 Å². The maximum atomic E-state index is 4.69. The Labute approximate surface area is 120 Å². The zero-order chi connectivity index (χ0) is 15.1. The standard InChI is InChI=1S/C13H22N2.2C2H6/c1-10(2)12-8-11-9-13(3,4)6-5-7-15(11)14-12;2*1-2/h8,10H,5-7,9H2,1-4H3;2*1-2H3. The summed E-state index contributed by atoms with van der Waals surface area (Å²) >= 11 is 0. The number of hydrogen-bond donors (Lipinski definition) is 0. The summed E-state index contributed by atoms with van der Waals surface area (Å²) in [5.74, 6) is 0.549. The lowest BCUT2D eigenvalue weighted by atomic mass is 9.84. The van der Waals surface area contributed by atoms with E-state index in [1.54, 1.807) is 0 Å². The van der Waals surface area contributed by atoms with Crippen molar-refractivity contribution >= 4 is 0 Å². The summed E-state index contributed by atoms with van der Waals surface area (Å²) in [6.45, 7) is 18.3. The molecule has 0 atom stereocenters. The zero-order valence-electron chi connectivity index (χ0n) is 14.4. The summed E-state index contributed by atoms with van der Waals surface area (Å²) in [5, 5.41) is 4.69. The molecule has 112 valence electrons. The molecule has 0 aromatic carbocycles. The Morgan fingerprint density at radius 3 is 2.26 bits per heavy atom. The average molecular weight is 266 g/mol. The van der Waals surface area contributed by atoms with Gasteiger partial charge < -0.3 is 0 Å². The van der Waals surface area contributed by atoms with Crippen LogP contribution >= 0.6 is 0 Å². The lowest BCUT2D eigenvalue weighted by Crippen LogP contribution is -2.13. The van der Waals surface area contributed by atoms with E-state index < -0.39 is 0 Å². The normalized spacial score (nSPS) is 16.5. The van der Waals surface area contributed by atoms with Gasteiger partial charge >= 0.3 is 0 Å². The van der Waals surface area contributed by atoms with Crippen molar-refractivity contribution in [1.29, 1.82) is 0 Å². The second-order valence-corrected chi connectivity index (χ2v) is 5.88. The maximum absolute atomic E-state index is 4.69. The summed E-state index contributed by atoms with van der Waals surface area (Å²) in [4.78, 5) is 0. The second-order valence-electron chi connectivity index (χ2n) is 5.88. The van der Waals surface area contributed by atoms with Gasteiger partial charge in [0.2, 0.25) is 0 Å². The maximum Gasteiger partial charge on any atom is 0.0652 e. The SMILES string of the molecule is CC.CC.CC(C)c1cc2n(n1)CCCC(C)(C)C2. The summed E-state index contributed by atoms with van der Waals surface area (Å²) < 4.78 is 2.23. The van der Waals surface area contributed by atoms with Gasteiger partial charge in [-0.1, -0.05) is 55.4 Å². The number of fused-ring (bicyclic) bond motifs is 1. The molecule has 1 aliphatic heterocycles. The second kappa shape index (κ2) is 8.39. The van der Waals surface area contributed by atoms with Gasteiger partial charge in [-0.3, -0.25) is 4.68 Å². The van der Waals surface area contributed by atoms with E-state index in [-0.39, 0.29) is 0 Å². The fourth-order valence-corrected chi connectivity index (χ4v) is 2.38. The molecule has 2 heterocycles. The highest BCUT2D eigenvalue weighted by molar-refractivity contribution is 5.15. The van der Waals surface area contributed by atoms with Crippen molar-refractivity contribution in [2.75, 3.05) is 0 Å². The predicted octanol–water partition coefficient (Wildman–Crippen LogP) is 5.42. The van der Waals surface area contributed by atoms with Crippen molar-refractivity contribution in [3.8, 4) is 0 Å². The minimum absolute atomic E-state index is 0.447. The third-order valence-electron chi connectivity index (χ3n) is 3.36. The van der Waals surface area contributed by atoms with Gasteiger partial charge in [-0.25, -0.2) is 0 Å². The van der Waals surface area contributed by atoms with E-state index in [0.717, 1.165) is 6.54 Å². The predicted molar refractivity (Wildman–Crippen MR) is 85.7 cm³/mol. The highest BCUT2D eigenvalue weighted by atomic mass is 15.3. The van der Waals surface area contributed by atoms with Crippen LogP contribution in [0.3, 0.4) is 0 Å². The zero-order valence-corrected chi connectivity index (χ0v) is 14.4. The minimum Gasteiger partial charge on any atom is -0.269 e. The molecule has 2 nitrogen and oxygen atoms in total. The third kappa shape index (κ3) is 5.38. The van der Waals surface area contributed by atoms with E-state index in [4.69, 9.17) is 5.10 Å². The molecule has 19 heavy (non-hydrogen) atoms. The Kier molecular flexibility index (Phi) is 8.05. The third-order valence-corrected chi connectivity index (χ3v) is 3.36. The van der Waals surface area contributed by atoms with Crippen molar-refractivity contribution in [2.24, 2.45) is 5.41 Å². The molecule has 1 aliphatic rings. The minimum atomic E-state index is 0.447. The van der Waals surface area contributed by atoms with Crippen LogP contribution in [0.1, 0.15) is 85.5 Å². The van der Waals surface area contributed by atoms with Crippen molar-refractivity contribution in [3.63, 3.8) is 0 Å².